The zero-order valence-corrected chi connectivity index (χ0v) is 12.1. The Bertz CT molecular complexity index is 398. The molecule has 0 radical (unpaired) electrons. The van der Waals surface area contributed by atoms with E-state index in [-0.39, 0.29) is 5.54 Å². The molecule has 0 amide bonds. The normalized spacial score (nSPS) is 19.0. The van der Waals surface area contributed by atoms with Gasteiger partial charge in [0.05, 0.1) is 18.8 Å². The lowest BCUT2D eigenvalue weighted by Gasteiger charge is -2.43. The van der Waals surface area contributed by atoms with Crippen LogP contribution in [-0.4, -0.2) is 30.3 Å². The van der Waals surface area contributed by atoms with Gasteiger partial charge in [0.2, 0.25) is 0 Å². The minimum atomic E-state index is -0.0127. The lowest BCUT2D eigenvalue weighted by atomic mass is 10.0. The molecule has 0 N–H and O–H groups in total. The monoisotopic (exact) mass is 268 g/mol. The summed E-state index contributed by atoms with van der Waals surface area (Å²) in [6.07, 6.45) is 0.933. The average molecular weight is 269 g/mol. The molecule has 1 saturated heterocycles. The molecule has 3 nitrogen and oxygen atoms in total. The molecule has 1 aliphatic heterocycles. The van der Waals surface area contributed by atoms with Crippen molar-refractivity contribution >= 4 is 17.4 Å². The first kappa shape index (κ1) is 13.6. The molecule has 0 atom stereocenters. The molecule has 0 bridgehead atoms. The summed E-state index contributed by atoms with van der Waals surface area (Å²) in [5.74, 6) is 1.56. The second-order valence-electron chi connectivity index (χ2n) is 5.33. The van der Waals surface area contributed by atoms with Gasteiger partial charge >= 0.3 is 0 Å². The van der Waals surface area contributed by atoms with E-state index in [1.807, 2.05) is 0 Å². The van der Waals surface area contributed by atoms with Crippen LogP contribution in [0.5, 0.6) is 0 Å². The van der Waals surface area contributed by atoms with Crippen molar-refractivity contribution in [1.82, 2.24) is 4.98 Å². The van der Waals surface area contributed by atoms with Crippen LogP contribution in [0.2, 0.25) is 0 Å². The van der Waals surface area contributed by atoms with E-state index in [2.05, 4.69) is 37.8 Å². The van der Waals surface area contributed by atoms with Crippen molar-refractivity contribution in [2.75, 3.05) is 24.7 Å². The molecule has 1 fully saturated rings. The lowest BCUT2D eigenvalue weighted by molar-refractivity contribution is 0.0639. The molecule has 0 aliphatic carbocycles. The quantitative estimate of drug-likeness (QED) is 0.788. The van der Waals surface area contributed by atoms with Gasteiger partial charge in [-0.2, -0.15) is 0 Å². The molecule has 18 heavy (non-hydrogen) atoms. The number of rotatable bonds is 3. The number of pyridine rings is 1. The predicted molar refractivity (Wildman–Crippen MR) is 75.4 cm³/mol. The fraction of sp³-hybridized carbons (Fsp3) is 0.643. The van der Waals surface area contributed by atoms with Crippen molar-refractivity contribution in [2.24, 2.45) is 0 Å². The van der Waals surface area contributed by atoms with Gasteiger partial charge in [-0.25, -0.2) is 4.98 Å². The van der Waals surface area contributed by atoms with Crippen LogP contribution in [0.3, 0.4) is 0 Å². The number of aryl methyl sites for hydroxylation is 1. The van der Waals surface area contributed by atoms with E-state index in [1.165, 1.54) is 0 Å². The molecule has 1 aromatic heterocycles. The summed E-state index contributed by atoms with van der Waals surface area (Å²) in [5.41, 5.74) is 2.23. The van der Waals surface area contributed by atoms with Gasteiger partial charge in [0.15, 0.2) is 0 Å². The summed E-state index contributed by atoms with van der Waals surface area (Å²) in [6, 6.07) is 4.18. The van der Waals surface area contributed by atoms with Crippen molar-refractivity contribution < 1.29 is 4.74 Å². The van der Waals surface area contributed by atoms with Gasteiger partial charge in [-0.15, -0.1) is 11.6 Å². The molecule has 0 unspecified atom stereocenters. The first-order valence-corrected chi connectivity index (χ1v) is 7.01. The van der Waals surface area contributed by atoms with Crippen molar-refractivity contribution in [3.63, 3.8) is 0 Å². The maximum atomic E-state index is 5.97. The van der Waals surface area contributed by atoms with E-state index in [1.54, 1.807) is 0 Å². The van der Waals surface area contributed by atoms with E-state index in [0.717, 1.165) is 43.3 Å². The van der Waals surface area contributed by atoms with E-state index in [9.17, 15) is 0 Å². The van der Waals surface area contributed by atoms with Crippen LogP contribution in [0.1, 0.15) is 32.0 Å². The van der Waals surface area contributed by atoms with Crippen molar-refractivity contribution in [1.29, 1.82) is 0 Å². The highest BCUT2D eigenvalue weighted by molar-refractivity contribution is 6.17. The maximum Gasteiger partial charge on any atom is 0.129 e. The Hall–Kier alpha value is -0.800. The highest BCUT2D eigenvalue weighted by atomic mass is 35.5. The van der Waals surface area contributed by atoms with E-state index in [4.69, 9.17) is 21.3 Å². The van der Waals surface area contributed by atoms with Crippen LogP contribution >= 0.6 is 11.6 Å². The second-order valence-corrected chi connectivity index (χ2v) is 5.60. The first-order valence-electron chi connectivity index (χ1n) is 6.48. The van der Waals surface area contributed by atoms with Gasteiger partial charge in [-0.05, 0) is 38.0 Å². The third kappa shape index (κ3) is 2.78. The van der Waals surface area contributed by atoms with Gasteiger partial charge in [0.25, 0.3) is 0 Å². The molecule has 1 aliphatic rings. The molecule has 0 saturated carbocycles. The molecule has 0 spiro atoms. The van der Waals surface area contributed by atoms with Crippen molar-refractivity contribution in [2.45, 2.75) is 38.6 Å². The van der Waals surface area contributed by atoms with E-state index >= 15 is 0 Å². The third-order valence-electron chi connectivity index (χ3n) is 3.36. The molecule has 2 rings (SSSR count). The number of ether oxygens (including phenoxy) is 1. The van der Waals surface area contributed by atoms with Gasteiger partial charge < -0.3 is 9.64 Å². The molecule has 4 heteroatoms. The minimum absolute atomic E-state index is 0.0127. The van der Waals surface area contributed by atoms with Gasteiger partial charge in [0.1, 0.15) is 5.82 Å². The van der Waals surface area contributed by atoms with Crippen molar-refractivity contribution in [3.8, 4) is 0 Å². The Labute approximate surface area is 114 Å². The number of aromatic nitrogens is 1. The average Bonchev–Trinajstić information content (AvgIpc) is 2.37. The first-order chi connectivity index (χ1) is 8.56. The predicted octanol–water partition coefficient (Wildman–Crippen LogP) is 3.00. The number of alkyl halides is 1. The fourth-order valence-electron chi connectivity index (χ4n) is 2.31. The maximum absolute atomic E-state index is 5.97. The topological polar surface area (TPSA) is 25.4 Å². The Morgan fingerprint density at radius 1 is 1.44 bits per heavy atom. The highest BCUT2D eigenvalue weighted by Crippen LogP contribution is 2.27. The second kappa shape index (κ2) is 5.45. The smallest absolute Gasteiger partial charge is 0.129 e. The Balaban J connectivity index is 2.36. The summed E-state index contributed by atoms with van der Waals surface area (Å²) in [6.45, 7) is 8.88. The SMILES string of the molecule is CCc1cc(CCl)cc(N2CCOCC2(C)C)n1. The molecular weight excluding hydrogens is 248 g/mol. The summed E-state index contributed by atoms with van der Waals surface area (Å²) in [7, 11) is 0. The number of halogens is 1. The third-order valence-corrected chi connectivity index (χ3v) is 3.67. The summed E-state index contributed by atoms with van der Waals surface area (Å²) >= 11 is 5.97. The zero-order chi connectivity index (χ0) is 13.2. The Morgan fingerprint density at radius 2 is 2.22 bits per heavy atom. The van der Waals surface area contributed by atoms with Crippen LogP contribution < -0.4 is 4.90 Å². The zero-order valence-electron chi connectivity index (χ0n) is 11.4. The van der Waals surface area contributed by atoms with E-state index < -0.39 is 0 Å². The van der Waals surface area contributed by atoms with Gasteiger partial charge in [0, 0.05) is 18.1 Å². The van der Waals surface area contributed by atoms with Crippen LogP contribution in [0.4, 0.5) is 5.82 Å². The van der Waals surface area contributed by atoms with E-state index in [0.29, 0.717) is 5.88 Å². The number of anilines is 1. The number of hydrogen-bond donors (Lipinski definition) is 0. The fourth-order valence-corrected chi connectivity index (χ4v) is 2.47. The molecule has 2 heterocycles. The van der Waals surface area contributed by atoms with Gasteiger partial charge in [-0.1, -0.05) is 6.92 Å². The number of hydrogen-bond acceptors (Lipinski definition) is 3. The molecule has 100 valence electrons. The standard InChI is InChI=1S/C14H21ClN2O/c1-4-12-7-11(9-15)8-13(16-12)17-5-6-18-10-14(17,2)3/h7-8H,4-6,9-10H2,1-3H3. The summed E-state index contributed by atoms with van der Waals surface area (Å²) in [4.78, 5) is 7.06. The highest BCUT2D eigenvalue weighted by Gasteiger charge is 2.31. The molecular formula is C14H21ClN2O. The van der Waals surface area contributed by atoms with Crippen LogP contribution in [0.25, 0.3) is 0 Å². The number of morpholine rings is 1. The van der Waals surface area contributed by atoms with Crippen molar-refractivity contribution in [3.05, 3.63) is 23.4 Å². The Kier molecular flexibility index (Phi) is 4.13. The van der Waals surface area contributed by atoms with Crippen LogP contribution in [-0.2, 0) is 17.0 Å². The van der Waals surface area contributed by atoms with Crippen LogP contribution in [0.15, 0.2) is 12.1 Å². The largest absolute Gasteiger partial charge is 0.377 e. The summed E-state index contributed by atoms with van der Waals surface area (Å²) in [5, 5.41) is 0. The van der Waals surface area contributed by atoms with Gasteiger partial charge in [-0.3, -0.25) is 0 Å². The van der Waals surface area contributed by atoms with Crippen LogP contribution in [0, 0.1) is 0 Å². The molecule has 0 aromatic carbocycles. The summed E-state index contributed by atoms with van der Waals surface area (Å²) < 4.78 is 5.55. The lowest BCUT2D eigenvalue weighted by Crippen LogP contribution is -2.53. The number of nitrogens with zero attached hydrogens (tertiary/aromatic N) is 2. The Morgan fingerprint density at radius 3 is 2.83 bits per heavy atom. The molecule has 1 aromatic rings. The minimum Gasteiger partial charge on any atom is -0.377 e.